The number of rotatable bonds is 17. The first-order valence-corrected chi connectivity index (χ1v) is 15.8. The van der Waals surface area contributed by atoms with E-state index in [2.05, 4.69) is 11.7 Å². The normalized spacial score (nSPS) is 12.3. The molecule has 0 aliphatic rings. The maximum atomic E-state index is 13.3. The van der Waals surface area contributed by atoms with Gasteiger partial charge in [-0.1, -0.05) is 50.5 Å². The highest BCUT2D eigenvalue weighted by Crippen LogP contribution is 2.47. The molecule has 14 heteroatoms. The molecule has 0 saturated carbocycles. The Labute approximate surface area is 284 Å². The molecule has 3 aromatic rings. The van der Waals surface area contributed by atoms with Crippen molar-refractivity contribution in [2.45, 2.75) is 82.9 Å². The molecule has 7 nitrogen and oxygen atoms in total. The average molecular weight is 715 g/mol. The summed E-state index contributed by atoms with van der Waals surface area (Å²) in [4.78, 5) is 36.5. The van der Waals surface area contributed by atoms with Crippen molar-refractivity contribution in [3.63, 3.8) is 0 Å². The van der Waals surface area contributed by atoms with Crippen LogP contribution >= 0.6 is 0 Å². The van der Waals surface area contributed by atoms with E-state index in [0.29, 0.717) is 11.3 Å². The average Bonchev–Trinajstić information content (AvgIpc) is 3.06. The minimum absolute atomic E-state index is 0.227. The fourth-order valence-electron chi connectivity index (χ4n) is 4.52. The van der Waals surface area contributed by atoms with Crippen LogP contribution in [-0.4, -0.2) is 54.7 Å². The van der Waals surface area contributed by atoms with Crippen LogP contribution in [0.3, 0.4) is 0 Å². The Hall–Kier alpha value is -4.62. The van der Waals surface area contributed by atoms with Crippen molar-refractivity contribution >= 4 is 17.9 Å². The van der Waals surface area contributed by atoms with Gasteiger partial charge >= 0.3 is 35.9 Å². The smallest absolute Gasteiger partial charge is 0.460 e. The largest absolute Gasteiger partial charge is 0.493 e. The van der Waals surface area contributed by atoms with E-state index in [9.17, 15) is 45.1 Å². The predicted octanol–water partition coefficient (Wildman–Crippen LogP) is 9.62. The van der Waals surface area contributed by atoms with Crippen LogP contribution in [0.1, 0.15) is 80.0 Å². The van der Waals surface area contributed by atoms with Crippen LogP contribution in [0.5, 0.6) is 11.5 Å². The Kier molecular flexibility index (Phi) is 13.4. The molecule has 0 unspecified atom stereocenters. The summed E-state index contributed by atoms with van der Waals surface area (Å²) in [5, 5.41) is 0. The van der Waals surface area contributed by atoms with Gasteiger partial charge in [0, 0.05) is 6.42 Å². The third-order valence-electron chi connectivity index (χ3n) is 7.41. The summed E-state index contributed by atoms with van der Waals surface area (Å²) in [6.45, 7) is 4.77. The van der Waals surface area contributed by atoms with E-state index in [0.717, 1.165) is 43.2 Å². The maximum absolute atomic E-state index is 13.3. The second kappa shape index (κ2) is 16.9. The molecule has 0 heterocycles. The molecule has 0 bridgehead atoms. The van der Waals surface area contributed by atoms with E-state index in [1.165, 1.54) is 24.3 Å². The van der Waals surface area contributed by atoms with Crippen LogP contribution < -0.4 is 9.47 Å². The molecule has 0 aliphatic heterocycles. The van der Waals surface area contributed by atoms with Gasteiger partial charge in [0.1, 0.15) is 17.1 Å². The monoisotopic (exact) mass is 714 g/mol. The van der Waals surface area contributed by atoms with Gasteiger partial charge in [-0.25, -0.2) is 14.4 Å². The van der Waals surface area contributed by atoms with Crippen LogP contribution in [-0.2, 0) is 14.3 Å². The van der Waals surface area contributed by atoms with Gasteiger partial charge in [0.25, 0.3) is 0 Å². The third-order valence-corrected chi connectivity index (χ3v) is 7.41. The first-order valence-electron chi connectivity index (χ1n) is 15.8. The van der Waals surface area contributed by atoms with Crippen molar-refractivity contribution < 1.29 is 64.1 Å². The lowest BCUT2D eigenvalue weighted by Crippen LogP contribution is -2.56. The number of benzene rings is 3. The summed E-state index contributed by atoms with van der Waals surface area (Å²) in [6, 6.07) is 19.0. The second-order valence-corrected chi connectivity index (χ2v) is 12.0. The maximum Gasteiger partial charge on any atom is 0.460 e. The van der Waals surface area contributed by atoms with Crippen LogP contribution in [0.4, 0.5) is 30.7 Å². The second-order valence-electron chi connectivity index (χ2n) is 12.0. The zero-order valence-corrected chi connectivity index (χ0v) is 27.6. The van der Waals surface area contributed by atoms with E-state index in [4.69, 9.17) is 14.2 Å². The van der Waals surface area contributed by atoms with Crippen LogP contribution in [0.25, 0.3) is 11.1 Å². The highest BCUT2D eigenvalue weighted by molar-refractivity contribution is 5.92. The SMILES string of the molecule is CCCCCCC(C)(C)OC(=O)c1ccc(OC(=O)c2ccc(-c3ccc(OCCCOC(=O)C(F)(F)C(F)(F)C(F)(F)F)cc3)cc2)cc1. The Bertz CT molecular complexity index is 1570. The van der Waals surface area contributed by atoms with Gasteiger partial charge in [-0.2, -0.15) is 30.7 Å². The summed E-state index contributed by atoms with van der Waals surface area (Å²) >= 11 is 0. The van der Waals surface area contributed by atoms with Crippen molar-refractivity contribution in [2.75, 3.05) is 13.2 Å². The number of halogens is 7. The molecule has 0 amide bonds. The van der Waals surface area contributed by atoms with Crippen molar-refractivity contribution in [2.24, 2.45) is 0 Å². The molecule has 3 rings (SSSR count). The summed E-state index contributed by atoms with van der Waals surface area (Å²) < 4.78 is 109. The first-order chi connectivity index (χ1) is 23.4. The van der Waals surface area contributed by atoms with Gasteiger partial charge in [-0.15, -0.1) is 0 Å². The van der Waals surface area contributed by atoms with Gasteiger partial charge in [0.05, 0.1) is 24.3 Å². The lowest BCUT2D eigenvalue weighted by Gasteiger charge is -2.26. The predicted molar refractivity (Wildman–Crippen MR) is 169 cm³/mol. The quantitative estimate of drug-likeness (QED) is 0.0596. The van der Waals surface area contributed by atoms with Gasteiger partial charge in [0.15, 0.2) is 0 Å². The van der Waals surface area contributed by atoms with E-state index < -0.39 is 48.1 Å². The number of hydrogen-bond donors (Lipinski definition) is 0. The molecule has 0 saturated heterocycles. The highest BCUT2D eigenvalue weighted by Gasteiger charge is 2.77. The summed E-state index contributed by atoms with van der Waals surface area (Å²) in [5.41, 5.74) is 1.45. The number of carbonyl (C=O) groups is 3. The molecule has 0 aliphatic carbocycles. The number of esters is 3. The number of unbranched alkanes of at least 4 members (excludes halogenated alkanes) is 3. The van der Waals surface area contributed by atoms with Gasteiger partial charge in [-0.05, 0) is 86.3 Å². The van der Waals surface area contributed by atoms with Gasteiger partial charge in [0.2, 0.25) is 0 Å². The molecule has 3 aromatic carbocycles. The Morgan fingerprint density at radius 2 is 1.14 bits per heavy atom. The molecule has 0 N–H and O–H groups in total. The van der Waals surface area contributed by atoms with Crippen molar-refractivity contribution in [3.05, 3.63) is 83.9 Å². The lowest BCUT2D eigenvalue weighted by atomic mass is 10.00. The van der Waals surface area contributed by atoms with Gasteiger partial charge in [-0.3, -0.25) is 0 Å². The number of carbonyl (C=O) groups excluding carboxylic acids is 3. The molecule has 0 fully saturated rings. The first kappa shape index (κ1) is 39.8. The van der Waals surface area contributed by atoms with E-state index >= 15 is 0 Å². The zero-order valence-electron chi connectivity index (χ0n) is 27.6. The fraction of sp³-hybridized carbons (Fsp3) is 0.417. The number of hydrogen-bond acceptors (Lipinski definition) is 7. The molecule has 272 valence electrons. The number of ether oxygens (including phenoxy) is 4. The standard InChI is InChI=1S/C36H37F7O7/c1-4-5-6-7-21-33(2,3)50-31(45)27-15-19-29(20-16-27)49-30(44)26-11-9-24(10-12-26)25-13-17-28(18-14-25)47-22-8-23-48-32(46)34(37,38)35(39,40)36(41,42)43/h9-20H,4-8,21-23H2,1-3H3. The molecular formula is C36H37F7O7. The Morgan fingerprint density at radius 1 is 0.620 bits per heavy atom. The molecule has 0 radical (unpaired) electrons. The Balaban J connectivity index is 1.45. The molecule has 50 heavy (non-hydrogen) atoms. The summed E-state index contributed by atoms with van der Waals surface area (Å²) in [7, 11) is 0. The van der Waals surface area contributed by atoms with Crippen LogP contribution in [0.2, 0.25) is 0 Å². The van der Waals surface area contributed by atoms with Gasteiger partial charge < -0.3 is 18.9 Å². The molecule has 0 aromatic heterocycles. The van der Waals surface area contributed by atoms with Crippen LogP contribution in [0, 0.1) is 0 Å². The van der Waals surface area contributed by atoms with Crippen molar-refractivity contribution in [3.8, 4) is 22.6 Å². The lowest BCUT2D eigenvalue weighted by molar-refractivity contribution is -0.348. The number of alkyl halides is 7. The molecular weight excluding hydrogens is 677 g/mol. The minimum Gasteiger partial charge on any atom is -0.493 e. The summed E-state index contributed by atoms with van der Waals surface area (Å²) in [6.07, 6.45) is -1.87. The van der Waals surface area contributed by atoms with Crippen LogP contribution in [0.15, 0.2) is 72.8 Å². The third kappa shape index (κ3) is 10.7. The van der Waals surface area contributed by atoms with Crippen molar-refractivity contribution in [1.82, 2.24) is 0 Å². The van der Waals surface area contributed by atoms with E-state index in [-0.39, 0.29) is 24.3 Å². The Morgan fingerprint density at radius 3 is 1.70 bits per heavy atom. The zero-order chi connectivity index (χ0) is 37.2. The highest BCUT2D eigenvalue weighted by atomic mass is 19.4. The van der Waals surface area contributed by atoms with Crippen molar-refractivity contribution in [1.29, 1.82) is 0 Å². The summed E-state index contributed by atoms with van der Waals surface area (Å²) in [5.74, 6) is -16.2. The van der Waals surface area contributed by atoms with E-state index in [1.54, 1.807) is 48.5 Å². The fourth-order valence-corrected chi connectivity index (χ4v) is 4.52. The topological polar surface area (TPSA) is 88.1 Å². The molecule has 0 spiro atoms. The van der Waals surface area contributed by atoms with E-state index in [1.807, 2.05) is 13.8 Å². The molecule has 0 atom stereocenters. The minimum atomic E-state index is -6.64.